The Labute approximate surface area is 128 Å². The van der Waals surface area contributed by atoms with E-state index in [0.29, 0.717) is 0 Å². The lowest BCUT2D eigenvalue weighted by Crippen LogP contribution is -2.07. The van der Waals surface area contributed by atoms with E-state index < -0.39 is 0 Å². The van der Waals surface area contributed by atoms with Crippen molar-refractivity contribution in [1.29, 1.82) is 0 Å². The Morgan fingerprint density at radius 3 is 2.68 bits per heavy atom. The summed E-state index contributed by atoms with van der Waals surface area (Å²) in [5.41, 5.74) is 3.76. The molecule has 1 aliphatic carbocycles. The Bertz CT molecular complexity index is 1030. The Morgan fingerprint density at radius 1 is 1.05 bits per heavy atom. The minimum Gasteiger partial charge on any atom is -0.453 e. The van der Waals surface area contributed by atoms with Crippen molar-refractivity contribution in [1.82, 2.24) is 4.98 Å². The third-order valence-electron chi connectivity index (χ3n) is 3.85. The van der Waals surface area contributed by atoms with Gasteiger partial charge in [-0.15, -0.1) is 0 Å². The van der Waals surface area contributed by atoms with Crippen LogP contribution in [0.25, 0.3) is 33.3 Å². The van der Waals surface area contributed by atoms with Crippen LogP contribution in [0.15, 0.2) is 57.9 Å². The lowest BCUT2D eigenvalue weighted by Gasteiger charge is -2.10. The fraction of sp³-hybridized carbons (Fsp3) is 0.158. The molecule has 2 aromatic carbocycles. The van der Waals surface area contributed by atoms with Crippen molar-refractivity contribution in [2.75, 3.05) is 6.54 Å². The first-order valence-corrected chi connectivity index (χ1v) is 7.50. The molecule has 22 heavy (non-hydrogen) atoms. The van der Waals surface area contributed by atoms with Gasteiger partial charge in [-0.25, -0.2) is 4.98 Å². The van der Waals surface area contributed by atoms with E-state index in [4.69, 9.17) is 9.40 Å². The average Bonchev–Trinajstić information content (AvgIpc) is 2.54. The Morgan fingerprint density at radius 2 is 1.86 bits per heavy atom. The van der Waals surface area contributed by atoms with Crippen LogP contribution >= 0.6 is 0 Å². The molecule has 0 unspecified atom stereocenters. The van der Waals surface area contributed by atoms with Crippen LogP contribution in [0.1, 0.15) is 12.5 Å². The predicted molar refractivity (Wildman–Crippen MR) is 89.0 cm³/mol. The SMILES string of the molecule is CCN=c1cc2oc3ccc(C)cc3nc-2c2ccccc12. The molecule has 3 heteroatoms. The Balaban J connectivity index is 2.22. The van der Waals surface area contributed by atoms with Crippen LogP contribution in [0.2, 0.25) is 0 Å². The van der Waals surface area contributed by atoms with E-state index >= 15 is 0 Å². The van der Waals surface area contributed by atoms with Crippen molar-refractivity contribution >= 4 is 21.9 Å². The van der Waals surface area contributed by atoms with Gasteiger partial charge in [-0.2, -0.15) is 0 Å². The summed E-state index contributed by atoms with van der Waals surface area (Å²) in [5, 5.41) is 3.16. The van der Waals surface area contributed by atoms with Gasteiger partial charge in [-0.1, -0.05) is 30.3 Å². The lowest BCUT2D eigenvalue weighted by molar-refractivity contribution is 0.613. The summed E-state index contributed by atoms with van der Waals surface area (Å²) in [6.45, 7) is 4.85. The summed E-state index contributed by atoms with van der Waals surface area (Å²) in [4.78, 5) is 9.42. The van der Waals surface area contributed by atoms with E-state index in [0.717, 1.165) is 45.2 Å². The van der Waals surface area contributed by atoms with Crippen molar-refractivity contribution in [3.8, 4) is 11.5 Å². The smallest absolute Gasteiger partial charge is 0.155 e. The van der Waals surface area contributed by atoms with Crippen molar-refractivity contribution in [2.45, 2.75) is 13.8 Å². The number of nitrogens with zero attached hydrogens (tertiary/aromatic N) is 2. The second kappa shape index (κ2) is 4.95. The number of fused-ring (bicyclic) bond motifs is 4. The van der Waals surface area contributed by atoms with E-state index in [9.17, 15) is 0 Å². The molecule has 1 aliphatic heterocycles. The molecule has 0 N–H and O–H groups in total. The molecule has 0 saturated carbocycles. The van der Waals surface area contributed by atoms with Crippen LogP contribution in [0.4, 0.5) is 0 Å². The van der Waals surface area contributed by atoms with Crippen LogP contribution < -0.4 is 5.36 Å². The molecule has 0 spiro atoms. The number of hydrogen-bond acceptors (Lipinski definition) is 3. The van der Waals surface area contributed by atoms with Gasteiger partial charge in [0.1, 0.15) is 11.2 Å². The number of hydrogen-bond donors (Lipinski definition) is 0. The molecular weight excluding hydrogens is 272 g/mol. The molecular formula is C19H16N2O. The van der Waals surface area contributed by atoms with Gasteiger partial charge in [-0.05, 0) is 31.5 Å². The van der Waals surface area contributed by atoms with Crippen molar-refractivity contribution in [3.63, 3.8) is 0 Å². The van der Waals surface area contributed by atoms with Gasteiger partial charge in [0, 0.05) is 23.4 Å². The van der Waals surface area contributed by atoms with Gasteiger partial charge in [0.15, 0.2) is 11.3 Å². The fourth-order valence-corrected chi connectivity index (χ4v) is 2.85. The molecule has 0 saturated heterocycles. The van der Waals surface area contributed by atoms with E-state index in [2.05, 4.69) is 30.1 Å². The second-order valence-electron chi connectivity index (χ2n) is 5.45. The zero-order chi connectivity index (χ0) is 15.1. The van der Waals surface area contributed by atoms with Gasteiger partial charge >= 0.3 is 0 Å². The summed E-state index contributed by atoms with van der Waals surface area (Å²) in [7, 11) is 0. The number of aromatic nitrogens is 1. The highest BCUT2D eigenvalue weighted by atomic mass is 16.3. The molecule has 0 radical (unpaired) electrons. The number of rotatable bonds is 1. The van der Waals surface area contributed by atoms with Crippen LogP contribution in [0.5, 0.6) is 0 Å². The zero-order valence-electron chi connectivity index (χ0n) is 12.6. The first-order chi connectivity index (χ1) is 10.8. The van der Waals surface area contributed by atoms with Crippen molar-refractivity contribution < 1.29 is 4.42 Å². The molecule has 2 aromatic rings. The average molecular weight is 288 g/mol. The summed E-state index contributed by atoms with van der Waals surface area (Å²) >= 11 is 0. The molecule has 108 valence electrons. The molecule has 4 rings (SSSR count). The minimum absolute atomic E-state index is 0.746. The fourth-order valence-electron chi connectivity index (χ4n) is 2.85. The van der Waals surface area contributed by atoms with Crippen LogP contribution in [-0.2, 0) is 0 Å². The highest BCUT2D eigenvalue weighted by Gasteiger charge is 2.14. The maximum atomic E-state index is 6.07. The minimum atomic E-state index is 0.746. The predicted octanol–water partition coefficient (Wildman–Crippen LogP) is 4.31. The number of aryl methyl sites for hydroxylation is 1. The quantitative estimate of drug-likeness (QED) is 0.386. The van der Waals surface area contributed by atoms with Crippen molar-refractivity contribution in [3.05, 3.63) is 59.5 Å². The van der Waals surface area contributed by atoms with Gasteiger partial charge in [0.2, 0.25) is 0 Å². The maximum absolute atomic E-state index is 6.07. The van der Waals surface area contributed by atoms with Gasteiger partial charge in [0.05, 0.1) is 5.36 Å². The Kier molecular flexibility index (Phi) is 2.93. The maximum Gasteiger partial charge on any atom is 0.155 e. The summed E-state index contributed by atoms with van der Waals surface area (Å²) < 4.78 is 6.07. The summed E-state index contributed by atoms with van der Waals surface area (Å²) in [6, 6.07) is 16.3. The van der Waals surface area contributed by atoms with Gasteiger partial charge in [-0.3, -0.25) is 4.99 Å². The second-order valence-corrected chi connectivity index (χ2v) is 5.45. The first kappa shape index (κ1) is 13.0. The molecule has 0 fully saturated rings. The highest BCUT2D eigenvalue weighted by Crippen LogP contribution is 2.30. The molecule has 0 amide bonds. The molecule has 0 atom stereocenters. The normalized spacial score (nSPS) is 12.5. The summed E-state index contributed by atoms with van der Waals surface area (Å²) in [6.07, 6.45) is 0. The summed E-state index contributed by atoms with van der Waals surface area (Å²) in [5.74, 6) is 0.780. The molecule has 0 bridgehead atoms. The van der Waals surface area contributed by atoms with Crippen LogP contribution in [-0.4, -0.2) is 11.5 Å². The third-order valence-corrected chi connectivity index (χ3v) is 3.85. The van der Waals surface area contributed by atoms with E-state index in [1.54, 1.807) is 0 Å². The van der Waals surface area contributed by atoms with Crippen LogP contribution in [0.3, 0.4) is 0 Å². The largest absolute Gasteiger partial charge is 0.453 e. The Hall–Kier alpha value is -2.68. The molecule has 3 nitrogen and oxygen atoms in total. The van der Waals surface area contributed by atoms with Gasteiger partial charge in [0.25, 0.3) is 0 Å². The lowest BCUT2D eigenvalue weighted by atomic mass is 10.0. The van der Waals surface area contributed by atoms with E-state index in [1.165, 1.54) is 5.56 Å². The first-order valence-electron chi connectivity index (χ1n) is 7.50. The van der Waals surface area contributed by atoms with E-state index in [1.807, 2.05) is 37.3 Å². The van der Waals surface area contributed by atoms with Crippen LogP contribution in [0, 0.1) is 6.92 Å². The van der Waals surface area contributed by atoms with Gasteiger partial charge < -0.3 is 4.42 Å². The topological polar surface area (TPSA) is 38.4 Å². The number of benzene rings is 3. The highest BCUT2D eigenvalue weighted by molar-refractivity contribution is 5.96. The third kappa shape index (κ3) is 1.98. The molecule has 1 heterocycles. The molecule has 2 aliphatic rings. The zero-order valence-corrected chi connectivity index (χ0v) is 12.6. The van der Waals surface area contributed by atoms with E-state index in [-0.39, 0.29) is 0 Å². The monoisotopic (exact) mass is 288 g/mol. The standard InChI is InChI=1S/C19H16N2O/c1-3-20-15-11-18-19(14-7-5-4-6-13(14)15)21-16-10-12(2)8-9-17(16)22-18/h4-11H,3H2,1-2H3. The molecule has 0 aromatic heterocycles. The van der Waals surface area contributed by atoms with Crippen molar-refractivity contribution in [2.24, 2.45) is 4.99 Å².